The van der Waals surface area contributed by atoms with E-state index in [0.29, 0.717) is 18.0 Å². The Morgan fingerprint density at radius 3 is 2.35 bits per heavy atom. The van der Waals surface area contributed by atoms with Crippen LogP contribution in [0, 0.1) is 0 Å². The topological polar surface area (TPSA) is 43.3 Å². The number of rotatable bonds is 7. The number of nitrogens with zero attached hydrogens (tertiary/aromatic N) is 1. The van der Waals surface area contributed by atoms with E-state index in [1.165, 1.54) is 0 Å². The van der Waals surface area contributed by atoms with Gasteiger partial charge in [0.25, 0.3) is 0 Å². The highest BCUT2D eigenvalue weighted by atomic mass is 35.5. The molecule has 0 fully saturated rings. The van der Waals surface area contributed by atoms with Crippen LogP contribution in [-0.2, 0) is 11.3 Å². The summed E-state index contributed by atoms with van der Waals surface area (Å²) in [5, 5.41) is 3.67. The lowest BCUT2D eigenvalue weighted by Gasteiger charge is -2.19. The Balaban J connectivity index is 1.69. The molecular weight excluding hydrogens is 348 g/mol. The normalized spacial score (nSPS) is 11.8. The number of amides is 1. The molecule has 2 aromatic carbocycles. The average molecular weight is 369 g/mol. The number of hydrogen-bond acceptors (Lipinski definition) is 2. The number of halogens is 1. The summed E-state index contributed by atoms with van der Waals surface area (Å²) < 4.78 is 7.27. The van der Waals surface area contributed by atoms with Crippen molar-refractivity contribution in [3.05, 3.63) is 89.2 Å². The minimum atomic E-state index is -0.0684. The van der Waals surface area contributed by atoms with Crippen LogP contribution in [-0.4, -0.2) is 17.6 Å². The number of carbonyl (C=O) groups excluding carboxylic acids is 1. The predicted octanol–water partition coefficient (Wildman–Crippen LogP) is 4.45. The molecule has 0 bridgehead atoms. The van der Waals surface area contributed by atoms with Crippen LogP contribution in [0.25, 0.3) is 0 Å². The largest absolute Gasteiger partial charge is 0.497 e. The third kappa shape index (κ3) is 4.67. The Hall–Kier alpha value is -2.72. The first-order valence-electron chi connectivity index (χ1n) is 8.43. The fourth-order valence-corrected chi connectivity index (χ4v) is 2.95. The van der Waals surface area contributed by atoms with E-state index >= 15 is 0 Å². The highest BCUT2D eigenvalue weighted by Crippen LogP contribution is 2.24. The molecule has 1 amide bonds. The third-order valence-electron chi connectivity index (χ3n) is 4.27. The van der Waals surface area contributed by atoms with E-state index in [-0.39, 0.29) is 11.9 Å². The molecule has 0 saturated heterocycles. The van der Waals surface area contributed by atoms with E-state index < -0.39 is 0 Å². The summed E-state index contributed by atoms with van der Waals surface area (Å²) in [6.07, 6.45) is 4.30. The van der Waals surface area contributed by atoms with Gasteiger partial charge in [0.2, 0.25) is 5.91 Å². The van der Waals surface area contributed by atoms with E-state index in [0.717, 1.165) is 16.9 Å². The molecule has 3 rings (SSSR count). The molecule has 0 aliphatic rings. The molecule has 4 nitrogen and oxygen atoms in total. The second-order valence-electron chi connectivity index (χ2n) is 6.03. The molecule has 1 aromatic heterocycles. The lowest BCUT2D eigenvalue weighted by atomic mass is 10.0. The summed E-state index contributed by atoms with van der Waals surface area (Å²) in [7, 11) is 1.64. The Morgan fingerprint density at radius 1 is 1.08 bits per heavy atom. The van der Waals surface area contributed by atoms with Gasteiger partial charge >= 0.3 is 0 Å². The van der Waals surface area contributed by atoms with Gasteiger partial charge < -0.3 is 14.6 Å². The smallest absolute Gasteiger partial charge is 0.222 e. The first-order valence-corrected chi connectivity index (χ1v) is 8.81. The zero-order chi connectivity index (χ0) is 18.4. The van der Waals surface area contributed by atoms with Gasteiger partial charge in [-0.2, -0.15) is 0 Å². The number of methoxy groups -OCH3 is 1. The van der Waals surface area contributed by atoms with Gasteiger partial charge in [0.05, 0.1) is 19.6 Å². The second kappa shape index (κ2) is 8.59. The molecule has 0 saturated carbocycles. The minimum absolute atomic E-state index is 0.00512. The first-order chi connectivity index (χ1) is 12.7. The van der Waals surface area contributed by atoms with Crippen molar-refractivity contribution in [2.24, 2.45) is 0 Å². The first kappa shape index (κ1) is 18.1. The van der Waals surface area contributed by atoms with E-state index in [1.54, 1.807) is 7.11 Å². The van der Waals surface area contributed by atoms with E-state index in [4.69, 9.17) is 16.3 Å². The van der Waals surface area contributed by atoms with Crippen molar-refractivity contribution >= 4 is 17.5 Å². The molecule has 0 aliphatic carbocycles. The van der Waals surface area contributed by atoms with Crippen LogP contribution < -0.4 is 10.1 Å². The molecule has 5 heteroatoms. The second-order valence-corrected chi connectivity index (χ2v) is 6.46. The van der Waals surface area contributed by atoms with Crippen molar-refractivity contribution in [2.75, 3.05) is 7.11 Å². The Labute approximate surface area is 158 Å². The lowest BCUT2D eigenvalue weighted by molar-refractivity contribution is -0.121. The van der Waals surface area contributed by atoms with Crippen LogP contribution in [0.15, 0.2) is 73.1 Å². The van der Waals surface area contributed by atoms with Gasteiger partial charge in [0.15, 0.2) is 0 Å². The molecular formula is C21H21ClN2O2. The summed E-state index contributed by atoms with van der Waals surface area (Å²) in [5.41, 5.74) is 2.08. The van der Waals surface area contributed by atoms with Crippen LogP contribution in [0.2, 0.25) is 5.02 Å². The van der Waals surface area contributed by atoms with Crippen LogP contribution in [0.3, 0.4) is 0 Å². The van der Waals surface area contributed by atoms with Crippen LogP contribution in [0.1, 0.15) is 23.6 Å². The monoisotopic (exact) mass is 368 g/mol. The fourth-order valence-electron chi connectivity index (χ4n) is 2.83. The summed E-state index contributed by atoms with van der Waals surface area (Å²) in [5.74, 6) is 0.793. The molecule has 0 aliphatic heterocycles. The van der Waals surface area contributed by atoms with Gasteiger partial charge in [-0.3, -0.25) is 4.79 Å². The van der Waals surface area contributed by atoms with Crippen molar-refractivity contribution in [1.29, 1.82) is 0 Å². The quantitative estimate of drug-likeness (QED) is 0.669. The standard InChI is InChI=1S/C21H21ClN2O2/c1-26-19-10-6-17(7-11-19)20(24-12-2-3-13-24)14-21(25)23-15-16-4-8-18(22)9-5-16/h2-13,20H,14-15H2,1H3,(H,23,25). The molecule has 1 heterocycles. The average Bonchev–Trinajstić information content (AvgIpc) is 3.20. The minimum Gasteiger partial charge on any atom is -0.497 e. The maximum absolute atomic E-state index is 12.5. The number of nitrogens with one attached hydrogen (secondary N) is 1. The number of carbonyl (C=O) groups is 1. The SMILES string of the molecule is COc1ccc(C(CC(=O)NCc2ccc(Cl)cc2)n2cccc2)cc1. The van der Waals surface area contributed by atoms with Gasteiger partial charge in [-0.1, -0.05) is 35.9 Å². The van der Waals surface area contributed by atoms with Gasteiger partial charge in [-0.15, -0.1) is 0 Å². The Morgan fingerprint density at radius 2 is 1.73 bits per heavy atom. The molecule has 3 aromatic rings. The van der Waals surface area contributed by atoms with E-state index in [9.17, 15) is 4.79 Å². The highest BCUT2D eigenvalue weighted by molar-refractivity contribution is 6.30. The molecule has 26 heavy (non-hydrogen) atoms. The molecule has 1 atom stereocenters. The van der Waals surface area contributed by atoms with E-state index in [1.807, 2.05) is 77.6 Å². The van der Waals surface area contributed by atoms with E-state index in [2.05, 4.69) is 5.32 Å². The van der Waals surface area contributed by atoms with Crippen molar-refractivity contribution in [2.45, 2.75) is 19.0 Å². The van der Waals surface area contributed by atoms with Gasteiger partial charge in [0, 0.05) is 24.0 Å². The maximum Gasteiger partial charge on any atom is 0.222 e. The number of benzene rings is 2. The Kier molecular flexibility index (Phi) is 5.97. The van der Waals surface area contributed by atoms with Crippen molar-refractivity contribution < 1.29 is 9.53 Å². The number of aromatic nitrogens is 1. The summed E-state index contributed by atoms with van der Waals surface area (Å²) in [6, 6.07) is 19.1. The molecule has 0 radical (unpaired) electrons. The summed E-state index contributed by atoms with van der Waals surface area (Å²) in [6.45, 7) is 0.483. The van der Waals surface area contributed by atoms with Gasteiger partial charge in [-0.25, -0.2) is 0 Å². The highest BCUT2D eigenvalue weighted by Gasteiger charge is 2.17. The molecule has 1 N–H and O–H groups in total. The van der Waals surface area contributed by atoms with Gasteiger partial charge in [0.1, 0.15) is 5.75 Å². The summed E-state index contributed by atoms with van der Waals surface area (Å²) >= 11 is 5.89. The molecule has 1 unspecified atom stereocenters. The predicted molar refractivity (Wildman–Crippen MR) is 103 cm³/mol. The Bertz CT molecular complexity index is 827. The van der Waals surface area contributed by atoms with Crippen LogP contribution in [0.5, 0.6) is 5.75 Å². The van der Waals surface area contributed by atoms with Crippen molar-refractivity contribution in [3.8, 4) is 5.75 Å². The lowest BCUT2D eigenvalue weighted by Crippen LogP contribution is -2.26. The van der Waals surface area contributed by atoms with Crippen LogP contribution >= 0.6 is 11.6 Å². The molecule has 134 valence electrons. The third-order valence-corrected chi connectivity index (χ3v) is 4.52. The van der Waals surface area contributed by atoms with Gasteiger partial charge in [-0.05, 0) is 47.5 Å². The van der Waals surface area contributed by atoms with Crippen molar-refractivity contribution in [1.82, 2.24) is 9.88 Å². The maximum atomic E-state index is 12.5. The zero-order valence-electron chi connectivity index (χ0n) is 14.6. The van der Waals surface area contributed by atoms with Crippen LogP contribution in [0.4, 0.5) is 0 Å². The number of hydrogen-bond donors (Lipinski definition) is 1. The number of ether oxygens (including phenoxy) is 1. The zero-order valence-corrected chi connectivity index (χ0v) is 15.3. The molecule has 0 spiro atoms. The fraction of sp³-hybridized carbons (Fsp3) is 0.190. The summed E-state index contributed by atoms with van der Waals surface area (Å²) in [4.78, 5) is 12.5. The van der Waals surface area contributed by atoms with Crippen molar-refractivity contribution in [3.63, 3.8) is 0 Å².